The Kier molecular flexibility index (Phi) is 4.57. The highest BCUT2D eigenvalue weighted by Gasteiger charge is 2.35. The molecule has 0 aromatic heterocycles. The van der Waals surface area contributed by atoms with Gasteiger partial charge in [0.2, 0.25) is 10.0 Å². The number of sulfonamides is 1. The lowest BCUT2D eigenvalue weighted by molar-refractivity contribution is 0.0642. The van der Waals surface area contributed by atoms with Crippen molar-refractivity contribution in [3.8, 4) is 0 Å². The summed E-state index contributed by atoms with van der Waals surface area (Å²) in [6.07, 6.45) is 2.83. The minimum Gasteiger partial charge on any atom is -0.270 e. The maximum atomic E-state index is 12.7. The molecule has 0 bridgehead atoms. The zero-order valence-electron chi connectivity index (χ0n) is 14.8. The van der Waals surface area contributed by atoms with Gasteiger partial charge in [0, 0.05) is 13.1 Å². The molecule has 2 amide bonds. The molecule has 27 heavy (non-hydrogen) atoms. The fourth-order valence-corrected chi connectivity index (χ4v) is 5.10. The molecule has 0 saturated carbocycles. The highest BCUT2D eigenvalue weighted by atomic mass is 32.2. The third-order valence-electron chi connectivity index (χ3n) is 5.10. The number of amides is 2. The highest BCUT2D eigenvalue weighted by Crippen LogP contribution is 2.25. The van der Waals surface area contributed by atoms with Gasteiger partial charge in [0.05, 0.1) is 22.6 Å². The van der Waals surface area contributed by atoms with Gasteiger partial charge in [0.25, 0.3) is 11.8 Å². The van der Waals surface area contributed by atoms with E-state index in [1.807, 2.05) is 0 Å². The van der Waals surface area contributed by atoms with E-state index in [0.29, 0.717) is 29.8 Å². The fraction of sp³-hybridized carbons (Fsp3) is 0.300. The molecule has 140 valence electrons. The molecule has 2 aromatic rings. The number of carbonyl (C=O) groups is 2. The quantitative estimate of drug-likeness (QED) is 0.760. The number of hydrogen-bond acceptors (Lipinski definition) is 4. The molecular formula is C20H20N2O4S. The summed E-state index contributed by atoms with van der Waals surface area (Å²) >= 11 is 0. The van der Waals surface area contributed by atoms with Gasteiger partial charge in [0.1, 0.15) is 0 Å². The first-order valence-electron chi connectivity index (χ1n) is 9.03. The number of imide groups is 1. The zero-order chi connectivity index (χ0) is 19.0. The van der Waals surface area contributed by atoms with E-state index >= 15 is 0 Å². The van der Waals surface area contributed by atoms with Gasteiger partial charge < -0.3 is 0 Å². The summed E-state index contributed by atoms with van der Waals surface area (Å²) in [5.41, 5.74) is 1.53. The minimum absolute atomic E-state index is 0.121. The van der Waals surface area contributed by atoms with Crippen molar-refractivity contribution in [2.75, 3.05) is 13.1 Å². The third kappa shape index (κ3) is 3.17. The van der Waals surface area contributed by atoms with Crippen LogP contribution in [0.5, 0.6) is 0 Å². The van der Waals surface area contributed by atoms with Crippen LogP contribution in [-0.4, -0.2) is 42.5 Å². The van der Waals surface area contributed by atoms with Gasteiger partial charge in [-0.15, -0.1) is 0 Å². The van der Waals surface area contributed by atoms with Crippen molar-refractivity contribution >= 4 is 21.8 Å². The Morgan fingerprint density at radius 3 is 1.89 bits per heavy atom. The number of carbonyl (C=O) groups excluding carboxylic acids is 2. The Labute approximate surface area is 158 Å². The van der Waals surface area contributed by atoms with Gasteiger partial charge in [-0.2, -0.15) is 4.31 Å². The van der Waals surface area contributed by atoms with E-state index in [-0.39, 0.29) is 23.3 Å². The van der Waals surface area contributed by atoms with Gasteiger partial charge in [-0.1, -0.05) is 30.7 Å². The van der Waals surface area contributed by atoms with E-state index in [4.69, 9.17) is 0 Å². The first-order valence-corrected chi connectivity index (χ1v) is 10.5. The second-order valence-electron chi connectivity index (χ2n) is 6.85. The van der Waals surface area contributed by atoms with Crippen LogP contribution < -0.4 is 0 Å². The zero-order valence-corrected chi connectivity index (χ0v) is 15.6. The maximum Gasteiger partial charge on any atom is 0.261 e. The standard InChI is InChI=1S/C20H20N2O4S/c23-19-17-6-2-3-7-18(17)20(24)22(19)14-15-8-10-16(11-9-15)27(25,26)21-12-4-1-5-13-21/h2-3,6-11H,1,4-5,12-14H2. The summed E-state index contributed by atoms with van der Waals surface area (Å²) in [7, 11) is -3.49. The van der Waals surface area contributed by atoms with Crippen LogP contribution in [0.25, 0.3) is 0 Å². The molecule has 2 heterocycles. The molecule has 0 radical (unpaired) electrons. The van der Waals surface area contributed by atoms with E-state index in [2.05, 4.69) is 0 Å². The van der Waals surface area contributed by atoms with Crippen molar-refractivity contribution in [2.45, 2.75) is 30.7 Å². The second kappa shape index (κ2) is 6.90. The molecular weight excluding hydrogens is 364 g/mol. The van der Waals surface area contributed by atoms with E-state index in [0.717, 1.165) is 19.3 Å². The summed E-state index contributed by atoms with van der Waals surface area (Å²) in [6, 6.07) is 13.2. The molecule has 0 N–H and O–H groups in total. The van der Waals surface area contributed by atoms with Crippen LogP contribution in [0, 0.1) is 0 Å². The van der Waals surface area contributed by atoms with E-state index in [1.54, 1.807) is 48.5 Å². The molecule has 1 saturated heterocycles. The first-order chi connectivity index (χ1) is 13.0. The van der Waals surface area contributed by atoms with Crippen molar-refractivity contribution in [3.05, 3.63) is 65.2 Å². The van der Waals surface area contributed by atoms with Gasteiger partial charge in [-0.25, -0.2) is 8.42 Å². The predicted octanol–water partition coefficient (Wildman–Crippen LogP) is 2.66. The lowest BCUT2D eigenvalue weighted by atomic mass is 10.1. The van der Waals surface area contributed by atoms with Crippen molar-refractivity contribution in [1.29, 1.82) is 0 Å². The monoisotopic (exact) mass is 384 g/mol. The van der Waals surface area contributed by atoms with Gasteiger partial charge in [-0.3, -0.25) is 14.5 Å². The Morgan fingerprint density at radius 2 is 1.33 bits per heavy atom. The SMILES string of the molecule is O=C1c2ccccc2C(=O)N1Cc1ccc(S(=O)(=O)N2CCCCC2)cc1. The summed E-state index contributed by atoms with van der Waals surface area (Å²) in [5.74, 6) is -0.638. The smallest absolute Gasteiger partial charge is 0.261 e. The van der Waals surface area contributed by atoms with Crippen LogP contribution >= 0.6 is 0 Å². The normalized spacial score (nSPS) is 18.0. The van der Waals surface area contributed by atoms with Crippen molar-refractivity contribution in [2.24, 2.45) is 0 Å². The van der Waals surface area contributed by atoms with Gasteiger partial charge >= 0.3 is 0 Å². The molecule has 7 heteroatoms. The first kappa shape index (κ1) is 17.9. The Hall–Kier alpha value is -2.51. The maximum absolute atomic E-state index is 12.7. The molecule has 6 nitrogen and oxygen atoms in total. The van der Waals surface area contributed by atoms with Gasteiger partial charge in [-0.05, 0) is 42.7 Å². The molecule has 2 aromatic carbocycles. The number of nitrogens with zero attached hydrogens (tertiary/aromatic N) is 2. The molecule has 1 fully saturated rings. The predicted molar refractivity (Wildman–Crippen MR) is 99.7 cm³/mol. The molecule has 0 aliphatic carbocycles. The van der Waals surface area contributed by atoms with Crippen LogP contribution in [0.3, 0.4) is 0 Å². The Morgan fingerprint density at radius 1 is 0.778 bits per heavy atom. The summed E-state index contributed by atoms with van der Waals surface area (Å²) in [6.45, 7) is 1.23. The number of piperidine rings is 1. The number of hydrogen-bond donors (Lipinski definition) is 0. The van der Waals surface area contributed by atoms with Crippen LogP contribution in [0.4, 0.5) is 0 Å². The molecule has 2 aliphatic rings. The van der Waals surface area contributed by atoms with Gasteiger partial charge in [0.15, 0.2) is 0 Å². The molecule has 4 rings (SSSR count). The topological polar surface area (TPSA) is 74.8 Å². The van der Waals surface area contributed by atoms with Crippen molar-refractivity contribution in [1.82, 2.24) is 9.21 Å². The van der Waals surface area contributed by atoms with Crippen molar-refractivity contribution < 1.29 is 18.0 Å². The average molecular weight is 384 g/mol. The Bertz CT molecular complexity index is 958. The highest BCUT2D eigenvalue weighted by molar-refractivity contribution is 7.89. The summed E-state index contributed by atoms with van der Waals surface area (Å²) in [5, 5.41) is 0. The van der Waals surface area contributed by atoms with E-state index in [1.165, 1.54) is 9.21 Å². The second-order valence-corrected chi connectivity index (χ2v) is 8.79. The average Bonchev–Trinajstić information content (AvgIpc) is 2.94. The van der Waals surface area contributed by atoms with Crippen LogP contribution in [0.1, 0.15) is 45.5 Å². The van der Waals surface area contributed by atoms with Crippen molar-refractivity contribution in [3.63, 3.8) is 0 Å². The van der Waals surface area contributed by atoms with Crippen LogP contribution in [0.2, 0.25) is 0 Å². The van der Waals surface area contributed by atoms with E-state index in [9.17, 15) is 18.0 Å². The molecule has 0 unspecified atom stereocenters. The fourth-order valence-electron chi connectivity index (χ4n) is 3.59. The number of fused-ring (bicyclic) bond motifs is 1. The van der Waals surface area contributed by atoms with Crippen LogP contribution in [0.15, 0.2) is 53.4 Å². The minimum atomic E-state index is -3.49. The molecule has 0 spiro atoms. The summed E-state index contributed by atoms with van der Waals surface area (Å²) < 4.78 is 26.9. The largest absolute Gasteiger partial charge is 0.270 e. The number of benzene rings is 2. The van der Waals surface area contributed by atoms with E-state index < -0.39 is 10.0 Å². The Balaban J connectivity index is 1.52. The molecule has 0 atom stereocenters. The molecule has 2 aliphatic heterocycles. The number of rotatable bonds is 4. The third-order valence-corrected chi connectivity index (χ3v) is 7.01. The van der Waals surface area contributed by atoms with Crippen LogP contribution in [-0.2, 0) is 16.6 Å². The summed E-state index contributed by atoms with van der Waals surface area (Å²) in [4.78, 5) is 26.3. The lowest BCUT2D eigenvalue weighted by Gasteiger charge is -2.26. The lowest BCUT2D eigenvalue weighted by Crippen LogP contribution is -2.35.